The Morgan fingerprint density at radius 1 is 1.47 bits per heavy atom. The number of esters is 1. The topological polar surface area (TPSA) is 55.8 Å². The highest BCUT2D eigenvalue weighted by molar-refractivity contribution is 5.72. The summed E-state index contributed by atoms with van der Waals surface area (Å²) < 4.78 is 10.1. The lowest BCUT2D eigenvalue weighted by molar-refractivity contribution is -0.139. The third kappa shape index (κ3) is 5.36. The molecule has 0 spiro atoms. The van der Waals surface area contributed by atoms with Crippen LogP contribution < -0.4 is 4.74 Å². The van der Waals surface area contributed by atoms with Crippen LogP contribution in [0.3, 0.4) is 0 Å². The van der Waals surface area contributed by atoms with Crippen LogP contribution >= 0.6 is 0 Å². The summed E-state index contributed by atoms with van der Waals surface area (Å²) >= 11 is 0. The Morgan fingerprint density at radius 2 is 2.24 bits per heavy atom. The molecule has 1 rings (SSSR count). The molecule has 1 aromatic carbocycles. The molecule has 0 bridgehead atoms. The molecule has 0 aliphatic carbocycles. The van der Waals surface area contributed by atoms with Crippen molar-refractivity contribution in [3.05, 3.63) is 29.8 Å². The highest BCUT2D eigenvalue weighted by Gasteiger charge is 2.04. The predicted octanol–water partition coefficient (Wildman–Crippen LogP) is 1.55. The van der Waals surface area contributed by atoms with Crippen LogP contribution in [-0.2, 0) is 16.0 Å². The largest absolute Gasteiger partial charge is 0.493 e. The lowest BCUT2D eigenvalue weighted by atomic mass is 10.1. The molecule has 17 heavy (non-hydrogen) atoms. The van der Waals surface area contributed by atoms with E-state index in [9.17, 15) is 4.79 Å². The predicted molar refractivity (Wildman–Crippen MR) is 64.0 cm³/mol. The van der Waals surface area contributed by atoms with E-state index in [1.54, 1.807) is 13.0 Å². The van der Waals surface area contributed by atoms with Gasteiger partial charge in [-0.25, -0.2) is 0 Å². The minimum Gasteiger partial charge on any atom is -0.493 e. The molecule has 0 aromatic heterocycles. The van der Waals surface area contributed by atoms with Gasteiger partial charge in [0.15, 0.2) is 0 Å². The number of hydrogen-bond donors (Lipinski definition) is 1. The first-order valence-electron chi connectivity index (χ1n) is 5.58. The van der Waals surface area contributed by atoms with Gasteiger partial charge in [-0.15, -0.1) is 0 Å². The number of benzene rings is 1. The zero-order valence-corrected chi connectivity index (χ0v) is 10.2. The van der Waals surface area contributed by atoms with Gasteiger partial charge in [-0.3, -0.25) is 4.79 Å². The van der Waals surface area contributed by atoms with E-state index >= 15 is 0 Å². The average molecular weight is 238 g/mol. The smallest absolute Gasteiger partial charge is 0.309 e. The molecule has 1 aromatic rings. The zero-order chi connectivity index (χ0) is 12.7. The third-order valence-corrected chi connectivity index (χ3v) is 2.28. The van der Waals surface area contributed by atoms with Gasteiger partial charge < -0.3 is 14.6 Å². The van der Waals surface area contributed by atoms with E-state index in [1.807, 2.05) is 18.2 Å². The summed E-state index contributed by atoms with van der Waals surface area (Å²) in [5.74, 6) is 0.429. The van der Waals surface area contributed by atoms with Gasteiger partial charge in [0.1, 0.15) is 5.75 Å². The fourth-order valence-corrected chi connectivity index (χ4v) is 1.33. The van der Waals surface area contributed by atoms with Crippen molar-refractivity contribution >= 4 is 5.97 Å². The molecule has 0 heterocycles. The number of aliphatic hydroxyl groups is 1. The van der Waals surface area contributed by atoms with Gasteiger partial charge in [0.25, 0.3) is 0 Å². The summed E-state index contributed by atoms with van der Waals surface area (Å²) in [5, 5.41) is 9.09. The average Bonchev–Trinajstić information content (AvgIpc) is 2.29. The van der Waals surface area contributed by atoms with Crippen molar-refractivity contribution in [3.8, 4) is 5.75 Å². The summed E-state index contributed by atoms with van der Waals surface area (Å²) in [6, 6.07) is 7.30. The van der Waals surface area contributed by atoms with Crippen LogP contribution in [0.4, 0.5) is 0 Å². The molecular weight excluding hydrogens is 220 g/mol. The van der Waals surface area contributed by atoms with Crippen LogP contribution in [-0.4, -0.2) is 30.9 Å². The first-order chi connectivity index (χ1) is 8.11. The van der Waals surface area contributed by atoms with E-state index in [2.05, 4.69) is 4.74 Å². The first kappa shape index (κ1) is 13.5. The lowest BCUT2D eigenvalue weighted by Gasteiger charge is -2.08. The van der Waals surface area contributed by atoms with Gasteiger partial charge in [-0.05, 0) is 24.6 Å². The van der Waals surface area contributed by atoms with Crippen molar-refractivity contribution in [1.82, 2.24) is 0 Å². The Bertz CT molecular complexity index is 360. The molecule has 94 valence electrons. The van der Waals surface area contributed by atoms with E-state index in [-0.39, 0.29) is 18.5 Å². The standard InChI is InChI=1S/C13H18O4/c1-10(14)6-7-17-12-5-3-4-11(8-12)9-13(15)16-2/h3-5,8,10,14H,6-7,9H2,1-2H3/t10-/m0/s1. The monoisotopic (exact) mass is 238 g/mol. The summed E-state index contributed by atoms with van der Waals surface area (Å²) in [6.07, 6.45) is 0.457. The van der Waals surface area contributed by atoms with Crippen molar-refractivity contribution in [3.63, 3.8) is 0 Å². The number of hydrogen-bond acceptors (Lipinski definition) is 4. The number of carbonyl (C=O) groups excluding carboxylic acids is 1. The highest BCUT2D eigenvalue weighted by Crippen LogP contribution is 2.14. The molecule has 0 amide bonds. The molecule has 0 saturated heterocycles. The molecule has 4 nitrogen and oxygen atoms in total. The SMILES string of the molecule is COC(=O)Cc1cccc(OCC[C@H](C)O)c1. The summed E-state index contributed by atoms with van der Waals surface area (Å²) in [5.41, 5.74) is 0.853. The molecule has 1 atom stereocenters. The van der Waals surface area contributed by atoms with Gasteiger partial charge in [-0.2, -0.15) is 0 Å². The number of rotatable bonds is 6. The van der Waals surface area contributed by atoms with Crippen LogP contribution in [0.1, 0.15) is 18.9 Å². The quantitative estimate of drug-likeness (QED) is 0.764. The number of ether oxygens (including phenoxy) is 2. The molecule has 0 fully saturated rings. The van der Waals surface area contributed by atoms with Crippen molar-refractivity contribution < 1.29 is 19.4 Å². The number of carbonyl (C=O) groups is 1. The second-order valence-corrected chi connectivity index (χ2v) is 3.89. The molecule has 0 aliphatic heterocycles. The van der Waals surface area contributed by atoms with Crippen molar-refractivity contribution in [2.24, 2.45) is 0 Å². The van der Waals surface area contributed by atoms with Gasteiger partial charge >= 0.3 is 5.97 Å². The Labute approximate surface area is 101 Å². The van der Waals surface area contributed by atoms with Crippen molar-refractivity contribution in [1.29, 1.82) is 0 Å². The maximum atomic E-state index is 11.1. The van der Waals surface area contributed by atoms with Crippen LogP contribution in [0, 0.1) is 0 Å². The van der Waals surface area contributed by atoms with Gasteiger partial charge in [0, 0.05) is 6.42 Å². The van der Waals surface area contributed by atoms with Crippen molar-refractivity contribution in [2.45, 2.75) is 25.9 Å². The molecule has 0 saturated carbocycles. The van der Waals surface area contributed by atoms with E-state index in [0.29, 0.717) is 18.8 Å². The molecule has 1 N–H and O–H groups in total. The second kappa shape index (κ2) is 6.91. The van der Waals surface area contributed by atoms with Gasteiger partial charge in [-0.1, -0.05) is 12.1 Å². The minimum atomic E-state index is -0.367. The summed E-state index contributed by atoms with van der Waals surface area (Å²) in [7, 11) is 1.37. The molecule has 0 unspecified atom stereocenters. The van der Waals surface area contributed by atoms with Crippen LogP contribution in [0.5, 0.6) is 5.75 Å². The Balaban J connectivity index is 2.50. The van der Waals surface area contributed by atoms with Gasteiger partial charge in [0.05, 0.1) is 26.2 Å². The fraction of sp³-hybridized carbons (Fsp3) is 0.462. The van der Waals surface area contributed by atoms with E-state index in [1.165, 1.54) is 7.11 Å². The summed E-state index contributed by atoms with van der Waals surface area (Å²) in [4.78, 5) is 11.1. The van der Waals surface area contributed by atoms with Crippen LogP contribution in [0.2, 0.25) is 0 Å². The Morgan fingerprint density at radius 3 is 2.88 bits per heavy atom. The van der Waals surface area contributed by atoms with E-state index in [0.717, 1.165) is 5.56 Å². The summed E-state index contributed by atoms with van der Waals surface area (Å²) in [6.45, 7) is 2.18. The number of methoxy groups -OCH3 is 1. The normalized spacial score (nSPS) is 11.9. The molecule has 4 heteroatoms. The minimum absolute atomic E-state index is 0.240. The lowest BCUT2D eigenvalue weighted by Crippen LogP contribution is -2.08. The van der Waals surface area contributed by atoms with E-state index in [4.69, 9.17) is 9.84 Å². The first-order valence-corrected chi connectivity index (χ1v) is 5.58. The van der Waals surface area contributed by atoms with Crippen molar-refractivity contribution in [2.75, 3.05) is 13.7 Å². The Kier molecular flexibility index (Phi) is 5.49. The highest BCUT2D eigenvalue weighted by atomic mass is 16.5. The molecule has 0 radical (unpaired) electrons. The zero-order valence-electron chi connectivity index (χ0n) is 10.2. The third-order valence-electron chi connectivity index (χ3n) is 2.28. The molecule has 0 aliphatic rings. The van der Waals surface area contributed by atoms with Crippen LogP contribution in [0.25, 0.3) is 0 Å². The fourth-order valence-electron chi connectivity index (χ4n) is 1.33. The molecular formula is C13H18O4. The number of aliphatic hydroxyl groups excluding tert-OH is 1. The Hall–Kier alpha value is -1.55. The second-order valence-electron chi connectivity index (χ2n) is 3.89. The van der Waals surface area contributed by atoms with Crippen LogP contribution in [0.15, 0.2) is 24.3 Å². The van der Waals surface area contributed by atoms with E-state index < -0.39 is 0 Å². The maximum absolute atomic E-state index is 11.1. The maximum Gasteiger partial charge on any atom is 0.309 e. The van der Waals surface area contributed by atoms with Gasteiger partial charge in [0.2, 0.25) is 0 Å².